The van der Waals surface area contributed by atoms with Crippen LogP contribution in [-0.4, -0.2) is 24.3 Å². The van der Waals surface area contributed by atoms with E-state index in [-0.39, 0.29) is 23.3 Å². The molecule has 0 aromatic heterocycles. The Balaban J connectivity index is 1.64. The van der Waals surface area contributed by atoms with Crippen molar-refractivity contribution in [3.05, 3.63) is 95.6 Å². The van der Waals surface area contributed by atoms with E-state index >= 15 is 0 Å². The van der Waals surface area contributed by atoms with Gasteiger partial charge in [0.25, 0.3) is 0 Å². The highest BCUT2D eigenvalue weighted by molar-refractivity contribution is 5.87. The van der Waals surface area contributed by atoms with Crippen LogP contribution in [0.2, 0.25) is 0 Å². The lowest BCUT2D eigenvalue weighted by Gasteiger charge is -2.11. The molecule has 0 aliphatic carbocycles. The van der Waals surface area contributed by atoms with Crippen LogP contribution in [-0.2, 0) is 22.4 Å². The lowest BCUT2D eigenvalue weighted by molar-refractivity contribution is -0.139. The van der Waals surface area contributed by atoms with Crippen LogP contribution in [0.4, 0.5) is 8.78 Å². The molecule has 0 aliphatic heterocycles. The predicted molar refractivity (Wildman–Crippen MR) is 136 cm³/mol. The summed E-state index contributed by atoms with van der Waals surface area (Å²) in [5.74, 6) is -2.32. The number of halogens is 2. The topological polar surface area (TPSA) is 46.5 Å². The van der Waals surface area contributed by atoms with Crippen molar-refractivity contribution in [2.24, 2.45) is 0 Å². The molecule has 1 N–H and O–H groups in total. The van der Waals surface area contributed by atoms with Crippen LogP contribution in [0.1, 0.15) is 43.7 Å². The Morgan fingerprint density at radius 2 is 1.29 bits per heavy atom. The Morgan fingerprint density at radius 1 is 0.800 bits per heavy atom. The van der Waals surface area contributed by atoms with Gasteiger partial charge in [0, 0.05) is 11.1 Å². The number of hydrogen-bond donors (Lipinski definition) is 1. The van der Waals surface area contributed by atoms with E-state index < -0.39 is 24.2 Å². The quantitative estimate of drug-likeness (QED) is 0.172. The van der Waals surface area contributed by atoms with E-state index in [9.17, 15) is 13.6 Å². The summed E-state index contributed by atoms with van der Waals surface area (Å²) >= 11 is 0. The first-order valence-corrected chi connectivity index (χ1v) is 12.1. The molecule has 35 heavy (non-hydrogen) atoms. The maximum Gasteiger partial charge on any atom is 0.335 e. The average molecular weight is 479 g/mol. The maximum atomic E-state index is 15.0. The molecule has 0 aliphatic rings. The third-order valence-electron chi connectivity index (χ3n) is 6.00. The molecule has 0 saturated heterocycles. The number of aryl methyl sites for hydroxylation is 2. The highest BCUT2D eigenvalue weighted by atomic mass is 19.2. The number of benzene rings is 3. The Morgan fingerprint density at radius 3 is 1.74 bits per heavy atom. The molecule has 0 unspecified atom stereocenters. The number of aliphatic hydroxyl groups excluding tert-OH is 1. The van der Waals surface area contributed by atoms with Crippen LogP contribution < -0.4 is 0 Å². The van der Waals surface area contributed by atoms with Gasteiger partial charge >= 0.3 is 5.97 Å². The fraction of sp³-hybridized carbons (Fsp3) is 0.300. The summed E-state index contributed by atoms with van der Waals surface area (Å²) in [5, 5.41) is 8.86. The number of carbonyl (C=O) groups excluding carboxylic acids is 1. The molecular weight excluding hydrogens is 446 g/mol. The largest absolute Gasteiger partial charge is 0.462 e. The van der Waals surface area contributed by atoms with Gasteiger partial charge in [0.1, 0.15) is 0 Å². The van der Waals surface area contributed by atoms with E-state index in [0.717, 1.165) is 24.8 Å². The predicted octanol–water partition coefficient (Wildman–Crippen LogP) is 7.06. The Kier molecular flexibility index (Phi) is 9.74. The molecular formula is C30H32F2O3. The molecule has 3 aromatic carbocycles. The molecule has 0 heterocycles. The molecule has 0 saturated carbocycles. The minimum Gasteiger partial charge on any atom is -0.462 e. The van der Waals surface area contributed by atoms with Gasteiger partial charge in [0.15, 0.2) is 11.6 Å². The second-order valence-corrected chi connectivity index (χ2v) is 8.64. The Hall–Kier alpha value is -3.31. The minimum absolute atomic E-state index is 0.0223. The number of carbonyl (C=O) groups is 1. The van der Waals surface area contributed by atoms with Crippen molar-refractivity contribution < 1.29 is 23.4 Å². The van der Waals surface area contributed by atoms with E-state index in [1.54, 1.807) is 24.3 Å². The van der Waals surface area contributed by atoms with E-state index in [1.807, 2.05) is 36.4 Å². The SMILES string of the molecule is C=C(CO)C(=O)OCCCc1ccc(-c2ccc(-c3ccc(CCCCC)cc3)c(F)c2F)cc1. The maximum absolute atomic E-state index is 15.0. The number of ether oxygens (including phenoxy) is 1. The number of aliphatic hydroxyl groups is 1. The second kappa shape index (κ2) is 13.0. The van der Waals surface area contributed by atoms with Crippen molar-refractivity contribution in [2.45, 2.75) is 45.4 Å². The molecule has 3 nitrogen and oxygen atoms in total. The van der Waals surface area contributed by atoms with Crippen molar-refractivity contribution in [1.82, 2.24) is 0 Å². The molecule has 0 fully saturated rings. The van der Waals surface area contributed by atoms with E-state index in [0.29, 0.717) is 24.0 Å². The van der Waals surface area contributed by atoms with E-state index in [2.05, 4.69) is 13.5 Å². The third kappa shape index (κ3) is 7.09. The standard InChI is InChI=1S/C30H32F2O3/c1-3-4-5-7-22-9-13-24(14-10-22)26-17-18-27(29(32)28(26)31)25-15-11-23(12-16-25)8-6-19-35-30(34)21(2)20-33/h9-18,33H,2-8,19-20H2,1H3. The van der Waals surface area contributed by atoms with Crippen molar-refractivity contribution in [2.75, 3.05) is 13.2 Å². The molecule has 5 heteroatoms. The fourth-order valence-electron chi connectivity index (χ4n) is 3.88. The third-order valence-corrected chi connectivity index (χ3v) is 6.00. The second-order valence-electron chi connectivity index (χ2n) is 8.64. The molecule has 3 aromatic rings. The van der Waals surface area contributed by atoms with Crippen LogP contribution in [0.3, 0.4) is 0 Å². The fourth-order valence-corrected chi connectivity index (χ4v) is 3.88. The molecule has 0 amide bonds. The van der Waals surface area contributed by atoms with Gasteiger partial charge in [-0.25, -0.2) is 13.6 Å². The smallest absolute Gasteiger partial charge is 0.335 e. The summed E-state index contributed by atoms with van der Waals surface area (Å²) in [4.78, 5) is 11.5. The van der Waals surface area contributed by atoms with Crippen LogP contribution in [0.5, 0.6) is 0 Å². The number of unbranched alkanes of at least 4 members (excludes halogenated alkanes) is 2. The number of hydrogen-bond acceptors (Lipinski definition) is 3. The van der Waals surface area contributed by atoms with Gasteiger partial charge in [-0.1, -0.05) is 87.0 Å². The first-order chi connectivity index (χ1) is 16.9. The summed E-state index contributed by atoms with van der Waals surface area (Å²) in [7, 11) is 0. The summed E-state index contributed by atoms with van der Waals surface area (Å²) in [6, 6.07) is 18.1. The summed E-state index contributed by atoms with van der Waals surface area (Å²) in [5.41, 5.74) is 3.93. The molecule has 3 rings (SSSR count). The molecule has 0 atom stereocenters. The van der Waals surface area contributed by atoms with Gasteiger partial charge in [-0.3, -0.25) is 0 Å². The zero-order chi connectivity index (χ0) is 25.2. The average Bonchev–Trinajstić information content (AvgIpc) is 2.88. The molecule has 0 spiro atoms. The van der Waals surface area contributed by atoms with Gasteiger partial charge in [0.05, 0.1) is 18.8 Å². The monoisotopic (exact) mass is 478 g/mol. The van der Waals surface area contributed by atoms with Crippen LogP contribution in [0.25, 0.3) is 22.3 Å². The summed E-state index contributed by atoms with van der Waals surface area (Å²) < 4.78 is 35.0. The van der Waals surface area contributed by atoms with Crippen molar-refractivity contribution in [1.29, 1.82) is 0 Å². The van der Waals surface area contributed by atoms with Crippen LogP contribution in [0.15, 0.2) is 72.8 Å². The van der Waals surface area contributed by atoms with Crippen molar-refractivity contribution in [3.63, 3.8) is 0 Å². The summed E-state index contributed by atoms with van der Waals surface area (Å²) in [6.45, 7) is 5.37. The van der Waals surface area contributed by atoms with Gasteiger partial charge < -0.3 is 9.84 Å². The van der Waals surface area contributed by atoms with Gasteiger partial charge in [-0.05, 0) is 47.9 Å². The Bertz CT molecular complexity index is 1140. The highest BCUT2D eigenvalue weighted by Crippen LogP contribution is 2.32. The molecule has 184 valence electrons. The highest BCUT2D eigenvalue weighted by Gasteiger charge is 2.16. The minimum atomic E-state index is -0.863. The zero-order valence-corrected chi connectivity index (χ0v) is 20.2. The number of rotatable bonds is 12. The van der Waals surface area contributed by atoms with Gasteiger partial charge in [0.2, 0.25) is 0 Å². The first kappa shape index (κ1) is 26.3. The van der Waals surface area contributed by atoms with Crippen LogP contribution in [0, 0.1) is 11.6 Å². The van der Waals surface area contributed by atoms with Crippen molar-refractivity contribution in [3.8, 4) is 22.3 Å². The van der Waals surface area contributed by atoms with Gasteiger partial charge in [-0.2, -0.15) is 0 Å². The molecule has 0 radical (unpaired) electrons. The lowest BCUT2D eigenvalue weighted by Crippen LogP contribution is -2.11. The Labute approximate surface area is 206 Å². The zero-order valence-electron chi connectivity index (χ0n) is 20.2. The summed E-state index contributed by atoms with van der Waals surface area (Å²) in [6.07, 6.45) is 5.71. The van der Waals surface area contributed by atoms with Crippen LogP contribution >= 0.6 is 0 Å². The van der Waals surface area contributed by atoms with E-state index in [4.69, 9.17) is 9.84 Å². The first-order valence-electron chi connectivity index (χ1n) is 12.1. The molecule has 0 bridgehead atoms. The number of esters is 1. The lowest BCUT2D eigenvalue weighted by atomic mass is 9.96. The van der Waals surface area contributed by atoms with E-state index in [1.165, 1.54) is 12.0 Å². The normalized spacial score (nSPS) is 10.9. The van der Waals surface area contributed by atoms with Gasteiger partial charge in [-0.15, -0.1) is 0 Å². The van der Waals surface area contributed by atoms with Crippen molar-refractivity contribution >= 4 is 5.97 Å².